The number of nitrogens with one attached hydrogen (secondary N) is 2. The summed E-state index contributed by atoms with van der Waals surface area (Å²) in [5, 5.41) is 14.1. The van der Waals surface area contributed by atoms with Crippen molar-refractivity contribution in [2.45, 2.75) is 0 Å². The fraction of sp³-hybridized carbons (Fsp3) is 0.143. The molecule has 0 aliphatic carbocycles. The molecule has 5 nitrogen and oxygen atoms in total. The lowest BCUT2D eigenvalue weighted by Crippen LogP contribution is -2.15. The summed E-state index contributed by atoms with van der Waals surface area (Å²) in [6.45, 7) is 0.371. The summed E-state index contributed by atoms with van der Waals surface area (Å²) in [4.78, 5) is 16.0. The second-order valence-electron chi connectivity index (χ2n) is 4.13. The second-order valence-corrected chi connectivity index (χ2v) is 4.54. The van der Waals surface area contributed by atoms with Crippen LogP contribution in [-0.4, -0.2) is 29.1 Å². The van der Waals surface area contributed by atoms with E-state index >= 15 is 0 Å². The third-order valence-corrected chi connectivity index (χ3v) is 2.94. The summed E-state index contributed by atoms with van der Waals surface area (Å²) in [7, 11) is 0. The first-order valence-corrected chi connectivity index (χ1v) is 6.56. The highest BCUT2D eigenvalue weighted by atomic mass is 35.5. The van der Waals surface area contributed by atoms with Crippen molar-refractivity contribution < 1.29 is 14.3 Å². The van der Waals surface area contributed by atoms with E-state index in [0.29, 0.717) is 18.1 Å². The highest BCUT2D eigenvalue weighted by Gasteiger charge is 2.15. The van der Waals surface area contributed by atoms with Gasteiger partial charge in [-0.2, -0.15) is 0 Å². The van der Waals surface area contributed by atoms with Gasteiger partial charge < -0.3 is 15.7 Å². The molecule has 21 heavy (non-hydrogen) atoms. The van der Waals surface area contributed by atoms with Gasteiger partial charge in [-0.15, -0.1) is 0 Å². The molecule has 0 atom stereocenters. The Balaban J connectivity index is 2.09. The number of nitrogens with zero attached hydrogens (tertiary/aromatic N) is 1. The molecule has 3 N–H and O–H groups in total. The minimum atomic E-state index is -0.686. The summed E-state index contributed by atoms with van der Waals surface area (Å²) in [5.74, 6) is -0.767. The summed E-state index contributed by atoms with van der Waals surface area (Å²) < 4.78 is 13.6. The topological polar surface area (TPSA) is 74.2 Å². The maximum atomic E-state index is 13.6. The third-order valence-electron chi connectivity index (χ3n) is 2.63. The van der Waals surface area contributed by atoms with E-state index in [0.717, 1.165) is 0 Å². The Bertz CT molecular complexity index is 614. The van der Waals surface area contributed by atoms with Crippen LogP contribution < -0.4 is 10.6 Å². The number of aliphatic hydroxyl groups is 1. The zero-order valence-electron chi connectivity index (χ0n) is 10.9. The Kier molecular flexibility index (Phi) is 5.08. The number of anilines is 2. The van der Waals surface area contributed by atoms with Crippen molar-refractivity contribution >= 4 is 29.0 Å². The molecule has 0 radical (unpaired) electrons. The second kappa shape index (κ2) is 7.01. The lowest BCUT2D eigenvalue weighted by molar-refractivity contribution is 0.102. The highest BCUT2D eigenvalue weighted by Crippen LogP contribution is 2.20. The Morgan fingerprint density at radius 3 is 2.76 bits per heavy atom. The molecular formula is C14H13ClFN3O2. The number of amides is 1. The standard InChI is InChI=1S/C14H13ClFN3O2/c15-10-2-1-3-11(16)13(10)14(21)19-9-4-5-12(18-8-9)17-6-7-20/h1-5,8,20H,6-7H2,(H,17,18)(H,19,21). The largest absolute Gasteiger partial charge is 0.395 e. The van der Waals surface area contributed by atoms with E-state index in [1.54, 1.807) is 12.1 Å². The number of carbonyl (C=O) groups excluding carboxylic acids is 1. The molecule has 1 aromatic heterocycles. The zero-order valence-corrected chi connectivity index (χ0v) is 11.7. The summed E-state index contributed by atoms with van der Waals surface area (Å²) in [6, 6.07) is 7.28. The molecule has 1 amide bonds. The molecule has 7 heteroatoms. The van der Waals surface area contributed by atoms with E-state index in [1.807, 2.05) is 0 Å². The van der Waals surface area contributed by atoms with Crippen LogP contribution in [0, 0.1) is 5.82 Å². The number of hydrogen-bond acceptors (Lipinski definition) is 4. The van der Waals surface area contributed by atoms with E-state index in [4.69, 9.17) is 16.7 Å². The van der Waals surface area contributed by atoms with Crippen molar-refractivity contribution in [3.8, 4) is 0 Å². The first-order chi connectivity index (χ1) is 10.1. The molecule has 2 aromatic rings. The number of carbonyl (C=O) groups is 1. The summed E-state index contributed by atoms with van der Waals surface area (Å²) >= 11 is 5.82. The average Bonchev–Trinajstić information content (AvgIpc) is 2.46. The first kappa shape index (κ1) is 15.2. The maximum Gasteiger partial charge on any atom is 0.260 e. The zero-order chi connectivity index (χ0) is 15.2. The lowest BCUT2D eigenvalue weighted by atomic mass is 10.2. The van der Waals surface area contributed by atoms with Crippen molar-refractivity contribution in [2.24, 2.45) is 0 Å². The van der Waals surface area contributed by atoms with Crippen molar-refractivity contribution in [3.63, 3.8) is 0 Å². The number of benzene rings is 1. The minimum Gasteiger partial charge on any atom is -0.395 e. The average molecular weight is 310 g/mol. The summed E-state index contributed by atoms with van der Waals surface area (Å²) in [5.41, 5.74) is 0.204. The number of rotatable bonds is 5. The highest BCUT2D eigenvalue weighted by molar-refractivity contribution is 6.34. The van der Waals surface area contributed by atoms with Crippen LogP contribution in [0.3, 0.4) is 0 Å². The molecule has 0 aliphatic heterocycles. The van der Waals surface area contributed by atoms with E-state index in [-0.39, 0.29) is 17.2 Å². The number of pyridine rings is 1. The van der Waals surface area contributed by atoms with Gasteiger partial charge in [0.2, 0.25) is 0 Å². The van der Waals surface area contributed by atoms with Gasteiger partial charge in [0, 0.05) is 6.54 Å². The van der Waals surface area contributed by atoms with Gasteiger partial charge in [0.25, 0.3) is 5.91 Å². The minimum absolute atomic E-state index is 0.00799. The van der Waals surface area contributed by atoms with E-state index in [1.165, 1.54) is 24.4 Å². The molecule has 0 spiro atoms. The number of halogens is 2. The van der Waals surface area contributed by atoms with E-state index in [2.05, 4.69) is 15.6 Å². The van der Waals surface area contributed by atoms with Crippen LogP contribution in [0.4, 0.5) is 15.9 Å². The van der Waals surface area contributed by atoms with Crippen molar-refractivity contribution in [2.75, 3.05) is 23.8 Å². The third kappa shape index (κ3) is 3.90. The SMILES string of the molecule is O=C(Nc1ccc(NCCO)nc1)c1c(F)cccc1Cl. The van der Waals surface area contributed by atoms with Gasteiger partial charge in [-0.05, 0) is 24.3 Å². The van der Waals surface area contributed by atoms with Gasteiger partial charge in [-0.25, -0.2) is 9.37 Å². The maximum absolute atomic E-state index is 13.6. The fourth-order valence-corrected chi connectivity index (χ4v) is 1.91. The predicted octanol–water partition coefficient (Wildman–Crippen LogP) is 2.53. The van der Waals surface area contributed by atoms with Crippen molar-refractivity contribution in [1.29, 1.82) is 0 Å². The van der Waals surface area contributed by atoms with Crippen LogP contribution in [0.25, 0.3) is 0 Å². The van der Waals surface area contributed by atoms with Gasteiger partial charge >= 0.3 is 0 Å². The van der Waals surface area contributed by atoms with Crippen molar-refractivity contribution in [3.05, 3.63) is 52.9 Å². The fourth-order valence-electron chi connectivity index (χ4n) is 1.66. The Morgan fingerprint density at radius 2 is 2.14 bits per heavy atom. The van der Waals surface area contributed by atoms with Gasteiger partial charge in [-0.3, -0.25) is 4.79 Å². The van der Waals surface area contributed by atoms with Gasteiger partial charge in [-0.1, -0.05) is 17.7 Å². The molecule has 0 bridgehead atoms. The molecule has 0 saturated carbocycles. The molecule has 110 valence electrons. The van der Waals surface area contributed by atoms with Crippen LogP contribution in [0.5, 0.6) is 0 Å². The van der Waals surface area contributed by atoms with Crippen LogP contribution >= 0.6 is 11.6 Å². The molecule has 1 heterocycles. The van der Waals surface area contributed by atoms with Gasteiger partial charge in [0.1, 0.15) is 11.6 Å². The Labute approximate surface area is 125 Å². The van der Waals surface area contributed by atoms with Crippen LogP contribution in [0.2, 0.25) is 5.02 Å². The Morgan fingerprint density at radius 1 is 1.33 bits per heavy atom. The van der Waals surface area contributed by atoms with Crippen molar-refractivity contribution in [1.82, 2.24) is 4.98 Å². The molecule has 1 aromatic carbocycles. The number of aliphatic hydroxyl groups excluding tert-OH is 1. The molecule has 2 rings (SSSR count). The van der Waals surface area contributed by atoms with Gasteiger partial charge in [0.15, 0.2) is 0 Å². The van der Waals surface area contributed by atoms with Crippen LogP contribution in [-0.2, 0) is 0 Å². The van der Waals surface area contributed by atoms with E-state index < -0.39 is 11.7 Å². The first-order valence-electron chi connectivity index (χ1n) is 6.18. The predicted molar refractivity (Wildman–Crippen MR) is 79.2 cm³/mol. The normalized spacial score (nSPS) is 10.2. The molecule has 0 saturated heterocycles. The molecule has 0 fully saturated rings. The molecular weight excluding hydrogens is 297 g/mol. The molecule has 0 aliphatic rings. The smallest absolute Gasteiger partial charge is 0.260 e. The quantitative estimate of drug-likeness (QED) is 0.793. The molecule has 0 unspecified atom stereocenters. The number of hydrogen-bond donors (Lipinski definition) is 3. The summed E-state index contributed by atoms with van der Waals surface area (Å²) in [6.07, 6.45) is 1.42. The van der Waals surface area contributed by atoms with Gasteiger partial charge in [0.05, 0.1) is 29.1 Å². The number of aromatic nitrogens is 1. The lowest BCUT2D eigenvalue weighted by Gasteiger charge is -2.08. The Hall–Kier alpha value is -2.18. The van der Waals surface area contributed by atoms with E-state index in [9.17, 15) is 9.18 Å². The van der Waals surface area contributed by atoms with Crippen LogP contribution in [0.15, 0.2) is 36.5 Å². The monoisotopic (exact) mass is 309 g/mol. The van der Waals surface area contributed by atoms with Crippen LogP contribution in [0.1, 0.15) is 10.4 Å².